The van der Waals surface area contributed by atoms with Crippen LogP contribution in [0.15, 0.2) is 24.3 Å². The molecule has 0 aromatic heterocycles. The topological polar surface area (TPSA) is 59.0 Å². The highest BCUT2D eigenvalue weighted by molar-refractivity contribution is 5.96. The molecule has 0 saturated carbocycles. The van der Waals surface area contributed by atoms with Gasteiger partial charge in [-0.15, -0.1) is 0 Å². The molecule has 0 bridgehead atoms. The van der Waals surface area contributed by atoms with E-state index in [-0.39, 0.29) is 18.6 Å². The molecule has 96 valence electrons. The summed E-state index contributed by atoms with van der Waals surface area (Å²) in [6.07, 6.45) is -0.714. The fourth-order valence-electron chi connectivity index (χ4n) is 2.33. The fraction of sp³-hybridized carbons (Fsp3) is 0.462. The standard InChI is InChI=1S/C13H15NO4/c15-11-7-12(16)14(8-11)10-3-1-2-9(6-10)13-17-4-5-18-13/h1-3,6,11,13,15H,4-5,7-8H2. The van der Waals surface area contributed by atoms with Crippen molar-refractivity contribution in [3.8, 4) is 0 Å². The lowest BCUT2D eigenvalue weighted by atomic mass is 10.2. The monoisotopic (exact) mass is 249 g/mol. The Morgan fingerprint density at radius 2 is 2.06 bits per heavy atom. The molecular weight excluding hydrogens is 234 g/mol. The Morgan fingerprint density at radius 3 is 2.72 bits per heavy atom. The first-order valence-electron chi connectivity index (χ1n) is 6.05. The van der Waals surface area contributed by atoms with Crippen molar-refractivity contribution in [2.24, 2.45) is 0 Å². The van der Waals surface area contributed by atoms with Crippen LogP contribution in [0.3, 0.4) is 0 Å². The summed E-state index contributed by atoms with van der Waals surface area (Å²) in [5, 5.41) is 9.50. The minimum Gasteiger partial charge on any atom is -0.391 e. The van der Waals surface area contributed by atoms with Crippen LogP contribution in [0.5, 0.6) is 0 Å². The highest BCUT2D eigenvalue weighted by Crippen LogP contribution is 2.28. The van der Waals surface area contributed by atoms with Gasteiger partial charge in [0.15, 0.2) is 6.29 Å². The Kier molecular flexibility index (Phi) is 3.03. The van der Waals surface area contributed by atoms with E-state index in [2.05, 4.69) is 0 Å². The zero-order chi connectivity index (χ0) is 12.5. The van der Waals surface area contributed by atoms with Gasteiger partial charge in [-0.1, -0.05) is 12.1 Å². The van der Waals surface area contributed by atoms with E-state index in [1.807, 2.05) is 24.3 Å². The van der Waals surface area contributed by atoms with Crippen LogP contribution < -0.4 is 4.90 Å². The highest BCUT2D eigenvalue weighted by Gasteiger charge is 2.29. The molecule has 2 saturated heterocycles. The third kappa shape index (κ3) is 2.12. The molecule has 1 N–H and O–H groups in total. The first kappa shape index (κ1) is 11.6. The number of aliphatic hydroxyl groups is 1. The summed E-state index contributed by atoms with van der Waals surface area (Å²) in [5.74, 6) is -0.0482. The summed E-state index contributed by atoms with van der Waals surface area (Å²) in [7, 11) is 0. The summed E-state index contributed by atoms with van der Waals surface area (Å²) in [6, 6.07) is 7.52. The third-order valence-electron chi connectivity index (χ3n) is 3.18. The van der Waals surface area contributed by atoms with Gasteiger partial charge in [-0.2, -0.15) is 0 Å². The van der Waals surface area contributed by atoms with Crippen LogP contribution in [-0.4, -0.2) is 36.9 Å². The van der Waals surface area contributed by atoms with Crippen LogP contribution in [0.4, 0.5) is 5.69 Å². The van der Waals surface area contributed by atoms with Gasteiger partial charge in [-0.05, 0) is 12.1 Å². The molecule has 0 radical (unpaired) electrons. The molecule has 2 aliphatic heterocycles. The number of benzene rings is 1. The first-order chi connectivity index (χ1) is 8.74. The second kappa shape index (κ2) is 4.68. The molecular formula is C13H15NO4. The van der Waals surface area contributed by atoms with Gasteiger partial charge in [0.25, 0.3) is 0 Å². The van der Waals surface area contributed by atoms with E-state index < -0.39 is 6.10 Å². The van der Waals surface area contributed by atoms with Crippen molar-refractivity contribution in [2.75, 3.05) is 24.7 Å². The quantitative estimate of drug-likeness (QED) is 0.843. The van der Waals surface area contributed by atoms with Gasteiger partial charge in [0.2, 0.25) is 5.91 Å². The van der Waals surface area contributed by atoms with E-state index in [0.29, 0.717) is 19.8 Å². The lowest BCUT2D eigenvalue weighted by molar-refractivity contribution is -0.117. The number of hydrogen-bond donors (Lipinski definition) is 1. The molecule has 2 fully saturated rings. The lowest BCUT2D eigenvalue weighted by Crippen LogP contribution is -2.25. The van der Waals surface area contributed by atoms with Gasteiger partial charge in [0.05, 0.1) is 32.3 Å². The molecule has 3 rings (SSSR count). The lowest BCUT2D eigenvalue weighted by Gasteiger charge is -2.18. The number of aliphatic hydroxyl groups excluding tert-OH is 1. The number of ether oxygens (including phenoxy) is 2. The number of amides is 1. The molecule has 5 heteroatoms. The number of rotatable bonds is 2. The molecule has 0 aliphatic carbocycles. The Bertz CT molecular complexity index is 456. The van der Waals surface area contributed by atoms with Crippen molar-refractivity contribution in [3.63, 3.8) is 0 Å². The van der Waals surface area contributed by atoms with E-state index in [4.69, 9.17) is 9.47 Å². The summed E-state index contributed by atoms with van der Waals surface area (Å²) in [6.45, 7) is 1.54. The Labute approximate surface area is 105 Å². The van der Waals surface area contributed by atoms with Crippen molar-refractivity contribution in [1.29, 1.82) is 0 Å². The molecule has 2 heterocycles. The van der Waals surface area contributed by atoms with E-state index in [1.165, 1.54) is 0 Å². The van der Waals surface area contributed by atoms with Crippen molar-refractivity contribution < 1.29 is 19.4 Å². The molecule has 1 unspecified atom stereocenters. The smallest absolute Gasteiger partial charge is 0.229 e. The van der Waals surface area contributed by atoms with Crippen molar-refractivity contribution in [1.82, 2.24) is 0 Å². The highest BCUT2D eigenvalue weighted by atomic mass is 16.7. The molecule has 1 aromatic rings. The molecule has 0 spiro atoms. The predicted molar refractivity (Wildman–Crippen MR) is 64.1 cm³/mol. The van der Waals surface area contributed by atoms with Crippen LogP contribution in [0.2, 0.25) is 0 Å². The summed E-state index contributed by atoms with van der Waals surface area (Å²) < 4.78 is 10.9. The summed E-state index contributed by atoms with van der Waals surface area (Å²) in [4.78, 5) is 13.3. The number of carbonyl (C=O) groups excluding carboxylic acids is 1. The van der Waals surface area contributed by atoms with E-state index in [9.17, 15) is 9.90 Å². The molecule has 5 nitrogen and oxygen atoms in total. The number of hydrogen-bond acceptors (Lipinski definition) is 4. The first-order valence-corrected chi connectivity index (χ1v) is 6.05. The maximum Gasteiger partial charge on any atom is 0.229 e. The number of carbonyl (C=O) groups is 1. The van der Waals surface area contributed by atoms with Gasteiger partial charge >= 0.3 is 0 Å². The van der Waals surface area contributed by atoms with Crippen molar-refractivity contribution in [3.05, 3.63) is 29.8 Å². The average Bonchev–Trinajstić information content (AvgIpc) is 2.99. The minimum atomic E-state index is -0.569. The number of nitrogens with zero attached hydrogens (tertiary/aromatic N) is 1. The molecule has 1 aromatic carbocycles. The second-order valence-electron chi connectivity index (χ2n) is 4.53. The van der Waals surface area contributed by atoms with Gasteiger partial charge in [0.1, 0.15) is 0 Å². The van der Waals surface area contributed by atoms with Crippen LogP contribution in [0.1, 0.15) is 18.3 Å². The average molecular weight is 249 g/mol. The molecule has 1 amide bonds. The number of β-amino-alcohol motifs (C(OH)–C–C–N with tert-alkyl or cyclic N) is 1. The number of anilines is 1. The van der Waals surface area contributed by atoms with Crippen LogP contribution >= 0.6 is 0 Å². The summed E-state index contributed by atoms with van der Waals surface area (Å²) >= 11 is 0. The third-order valence-corrected chi connectivity index (χ3v) is 3.18. The zero-order valence-electron chi connectivity index (χ0n) is 9.91. The maximum absolute atomic E-state index is 11.7. The normalized spacial score (nSPS) is 25.1. The van der Waals surface area contributed by atoms with E-state index in [1.54, 1.807) is 4.90 Å². The Morgan fingerprint density at radius 1 is 1.28 bits per heavy atom. The largest absolute Gasteiger partial charge is 0.391 e. The molecule has 18 heavy (non-hydrogen) atoms. The Hall–Kier alpha value is -1.43. The second-order valence-corrected chi connectivity index (χ2v) is 4.53. The van der Waals surface area contributed by atoms with Crippen molar-refractivity contribution in [2.45, 2.75) is 18.8 Å². The van der Waals surface area contributed by atoms with Crippen molar-refractivity contribution >= 4 is 11.6 Å². The van der Waals surface area contributed by atoms with Gasteiger partial charge in [0, 0.05) is 11.3 Å². The van der Waals surface area contributed by atoms with Crippen LogP contribution in [0, 0.1) is 0 Å². The Balaban J connectivity index is 1.84. The van der Waals surface area contributed by atoms with E-state index in [0.717, 1.165) is 11.3 Å². The van der Waals surface area contributed by atoms with Crippen LogP contribution in [0.25, 0.3) is 0 Å². The SMILES string of the molecule is O=C1CC(O)CN1c1cccc(C2OCCO2)c1. The fourth-order valence-corrected chi connectivity index (χ4v) is 2.33. The molecule has 2 aliphatic rings. The maximum atomic E-state index is 11.7. The van der Waals surface area contributed by atoms with Gasteiger partial charge in [-0.3, -0.25) is 4.79 Å². The summed E-state index contributed by atoms with van der Waals surface area (Å²) in [5.41, 5.74) is 1.69. The zero-order valence-corrected chi connectivity index (χ0v) is 9.91. The van der Waals surface area contributed by atoms with Gasteiger partial charge < -0.3 is 19.5 Å². The van der Waals surface area contributed by atoms with Gasteiger partial charge in [-0.25, -0.2) is 0 Å². The minimum absolute atomic E-state index is 0.0482. The predicted octanol–water partition coefficient (Wildman–Crippen LogP) is 0.830. The van der Waals surface area contributed by atoms with E-state index >= 15 is 0 Å². The van der Waals surface area contributed by atoms with Crippen LogP contribution in [-0.2, 0) is 14.3 Å². The molecule has 1 atom stereocenters.